The summed E-state index contributed by atoms with van der Waals surface area (Å²) in [4.78, 5) is 4.71. The molecule has 21 heavy (non-hydrogen) atoms. The highest BCUT2D eigenvalue weighted by Crippen LogP contribution is 2.32. The molecule has 3 rings (SSSR count). The zero-order valence-electron chi connectivity index (χ0n) is 12.4. The lowest BCUT2D eigenvalue weighted by molar-refractivity contribution is 0.355. The van der Waals surface area contributed by atoms with Gasteiger partial charge in [0.2, 0.25) is 0 Å². The van der Waals surface area contributed by atoms with Crippen LogP contribution in [0.5, 0.6) is 11.5 Å². The number of ether oxygens (including phenoxy) is 2. The standard InChI is InChI=1S/C18H17NO2/c1-12-15-7-5-4-6-13(15)10-16(19-12)14-8-9-17(20-2)18(11-14)21-3/h4-11H,1-3H3. The van der Waals surface area contributed by atoms with Crippen LogP contribution in [0.15, 0.2) is 48.5 Å². The Morgan fingerprint density at radius 1 is 0.857 bits per heavy atom. The number of nitrogens with zero attached hydrogens (tertiary/aromatic N) is 1. The van der Waals surface area contributed by atoms with Crippen molar-refractivity contribution in [3.63, 3.8) is 0 Å². The van der Waals surface area contributed by atoms with Crippen molar-refractivity contribution >= 4 is 10.8 Å². The van der Waals surface area contributed by atoms with Crippen LogP contribution in [0, 0.1) is 6.92 Å². The average Bonchev–Trinajstić information content (AvgIpc) is 2.54. The molecule has 1 heterocycles. The molecule has 0 saturated carbocycles. The van der Waals surface area contributed by atoms with Gasteiger partial charge in [-0.05, 0) is 36.6 Å². The normalized spacial score (nSPS) is 10.6. The maximum atomic E-state index is 5.36. The van der Waals surface area contributed by atoms with E-state index in [2.05, 4.69) is 18.2 Å². The number of fused-ring (bicyclic) bond motifs is 1. The first-order chi connectivity index (χ1) is 10.2. The van der Waals surface area contributed by atoms with Crippen LogP contribution in [0.1, 0.15) is 5.69 Å². The summed E-state index contributed by atoms with van der Waals surface area (Å²) >= 11 is 0. The Labute approximate surface area is 124 Å². The lowest BCUT2D eigenvalue weighted by atomic mass is 10.0. The molecule has 106 valence electrons. The first-order valence-electron chi connectivity index (χ1n) is 6.81. The van der Waals surface area contributed by atoms with E-state index in [1.54, 1.807) is 14.2 Å². The van der Waals surface area contributed by atoms with Gasteiger partial charge in [-0.15, -0.1) is 0 Å². The van der Waals surface area contributed by atoms with Gasteiger partial charge in [0.25, 0.3) is 0 Å². The van der Waals surface area contributed by atoms with Gasteiger partial charge < -0.3 is 9.47 Å². The number of aromatic nitrogens is 1. The van der Waals surface area contributed by atoms with Crippen molar-refractivity contribution in [1.29, 1.82) is 0 Å². The molecule has 0 atom stereocenters. The third kappa shape index (κ3) is 2.42. The van der Waals surface area contributed by atoms with Crippen molar-refractivity contribution in [2.45, 2.75) is 6.92 Å². The Morgan fingerprint density at radius 3 is 2.38 bits per heavy atom. The quantitative estimate of drug-likeness (QED) is 0.719. The van der Waals surface area contributed by atoms with Gasteiger partial charge in [-0.2, -0.15) is 0 Å². The van der Waals surface area contributed by atoms with Crippen LogP contribution in [0.2, 0.25) is 0 Å². The number of benzene rings is 2. The van der Waals surface area contributed by atoms with E-state index < -0.39 is 0 Å². The van der Waals surface area contributed by atoms with Gasteiger partial charge in [-0.3, -0.25) is 4.98 Å². The van der Waals surface area contributed by atoms with Gasteiger partial charge in [-0.1, -0.05) is 24.3 Å². The van der Waals surface area contributed by atoms with Crippen molar-refractivity contribution < 1.29 is 9.47 Å². The molecule has 0 amide bonds. The Bertz CT molecular complexity index is 796. The fourth-order valence-corrected chi connectivity index (χ4v) is 2.52. The summed E-state index contributed by atoms with van der Waals surface area (Å²) in [6, 6.07) is 16.2. The average molecular weight is 279 g/mol. The molecule has 0 aliphatic rings. The summed E-state index contributed by atoms with van der Waals surface area (Å²) in [5, 5.41) is 2.37. The lowest BCUT2D eigenvalue weighted by Crippen LogP contribution is -1.93. The molecule has 3 heteroatoms. The minimum absolute atomic E-state index is 0.711. The van der Waals surface area contributed by atoms with Gasteiger partial charge in [0, 0.05) is 16.6 Å². The third-order valence-corrected chi connectivity index (χ3v) is 3.61. The summed E-state index contributed by atoms with van der Waals surface area (Å²) in [5.41, 5.74) is 2.98. The zero-order chi connectivity index (χ0) is 14.8. The maximum absolute atomic E-state index is 5.36. The van der Waals surface area contributed by atoms with Gasteiger partial charge in [0.05, 0.1) is 19.9 Å². The second-order valence-electron chi connectivity index (χ2n) is 4.88. The van der Waals surface area contributed by atoms with Crippen LogP contribution in [0.3, 0.4) is 0 Å². The molecule has 0 spiro atoms. The fourth-order valence-electron chi connectivity index (χ4n) is 2.52. The number of aryl methyl sites for hydroxylation is 1. The zero-order valence-corrected chi connectivity index (χ0v) is 12.4. The third-order valence-electron chi connectivity index (χ3n) is 3.61. The molecule has 0 fully saturated rings. The molecular weight excluding hydrogens is 262 g/mol. The molecule has 1 aromatic heterocycles. The molecule has 2 aromatic carbocycles. The van der Waals surface area contributed by atoms with E-state index in [4.69, 9.17) is 14.5 Å². The van der Waals surface area contributed by atoms with E-state index >= 15 is 0 Å². The SMILES string of the molecule is COc1ccc(-c2cc3ccccc3c(C)n2)cc1OC. The second-order valence-corrected chi connectivity index (χ2v) is 4.88. The van der Waals surface area contributed by atoms with E-state index in [1.165, 1.54) is 10.8 Å². The first-order valence-corrected chi connectivity index (χ1v) is 6.81. The topological polar surface area (TPSA) is 31.4 Å². The highest BCUT2D eigenvalue weighted by molar-refractivity contribution is 5.87. The Balaban J connectivity index is 2.16. The Morgan fingerprint density at radius 2 is 1.62 bits per heavy atom. The number of methoxy groups -OCH3 is 2. The van der Waals surface area contributed by atoms with Crippen LogP contribution >= 0.6 is 0 Å². The molecular formula is C18H17NO2. The monoisotopic (exact) mass is 279 g/mol. The molecule has 0 aliphatic carbocycles. The van der Waals surface area contributed by atoms with Gasteiger partial charge in [0.15, 0.2) is 11.5 Å². The van der Waals surface area contributed by atoms with Crippen LogP contribution in [-0.2, 0) is 0 Å². The highest BCUT2D eigenvalue weighted by atomic mass is 16.5. The molecule has 3 nitrogen and oxygen atoms in total. The molecule has 0 saturated heterocycles. The number of hydrogen-bond donors (Lipinski definition) is 0. The number of pyridine rings is 1. The minimum atomic E-state index is 0.711. The van der Waals surface area contributed by atoms with E-state index in [-0.39, 0.29) is 0 Å². The molecule has 0 aliphatic heterocycles. The minimum Gasteiger partial charge on any atom is -0.493 e. The van der Waals surface area contributed by atoms with E-state index in [1.807, 2.05) is 37.3 Å². The number of rotatable bonds is 3. The largest absolute Gasteiger partial charge is 0.493 e. The Hall–Kier alpha value is -2.55. The predicted molar refractivity (Wildman–Crippen MR) is 85.0 cm³/mol. The van der Waals surface area contributed by atoms with E-state index in [9.17, 15) is 0 Å². The van der Waals surface area contributed by atoms with Crippen molar-refractivity contribution in [3.05, 3.63) is 54.2 Å². The van der Waals surface area contributed by atoms with Crippen molar-refractivity contribution in [2.75, 3.05) is 14.2 Å². The van der Waals surface area contributed by atoms with Crippen LogP contribution in [0.4, 0.5) is 0 Å². The lowest BCUT2D eigenvalue weighted by Gasteiger charge is -2.11. The van der Waals surface area contributed by atoms with Gasteiger partial charge in [0.1, 0.15) is 0 Å². The molecule has 0 N–H and O–H groups in total. The van der Waals surface area contributed by atoms with Crippen LogP contribution < -0.4 is 9.47 Å². The Kier molecular flexibility index (Phi) is 3.48. The second kappa shape index (κ2) is 5.44. The van der Waals surface area contributed by atoms with Crippen molar-refractivity contribution in [3.8, 4) is 22.8 Å². The van der Waals surface area contributed by atoms with Gasteiger partial charge in [-0.25, -0.2) is 0 Å². The smallest absolute Gasteiger partial charge is 0.161 e. The summed E-state index contributed by atoms with van der Waals surface area (Å²) in [5.74, 6) is 1.43. The molecule has 0 bridgehead atoms. The summed E-state index contributed by atoms with van der Waals surface area (Å²) in [6.07, 6.45) is 0. The number of hydrogen-bond acceptors (Lipinski definition) is 3. The molecule has 0 radical (unpaired) electrons. The highest BCUT2D eigenvalue weighted by Gasteiger charge is 2.09. The van der Waals surface area contributed by atoms with E-state index in [0.717, 1.165) is 22.7 Å². The van der Waals surface area contributed by atoms with Crippen LogP contribution in [-0.4, -0.2) is 19.2 Å². The van der Waals surface area contributed by atoms with Gasteiger partial charge >= 0.3 is 0 Å². The fraction of sp³-hybridized carbons (Fsp3) is 0.167. The summed E-state index contributed by atoms with van der Waals surface area (Å²) < 4.78 is 10.6. The molecule has 0 unspecified atom stereocenters. The van der Waals surface area contributed by atoms with Crippen LogP contribution in [0.25, 0.3) is 22.0 Å². The molecule has 3 aromatic rings. The van der Waals surface area contributed by atoms with Crippen molar-refractivity contribution in [1.82, 2.24) is 4.98 Å². The van der Waals surface area contributed by atoms with E-state index in [0.29, 0.717) is 5.75 Å². The summed E-state index contributed by atoms with van der Waals surface area (Å²) in [7, 11) is 3.27. The first kappa shape index (κ1) is 13.4. The summed E-state index contributed by atoms with van der Waals surface area (Å²) in [6.45, 7) is 2.03. The van der Waals surface area contributed by atoms with Crippen molar-refractivity contribution in [2.24, 2.45) is 0 Å². The maximum Gasteiger partial charge on any atom is 0.161 e. The predicted octanol–water partition coefficient (Wildman–Crippen LogP) is 4.23.